The monoisotopic (exact) mass is 273 g/mol. The van der Waals surface area contributed by atoms with Gasteiger partial charge in [0.05, 0.1) is 16.6 Å². The van der Waals surface area contributed by atoms with E-state index in [9.17, 15) is 4.21 Å². The zero-order chi connectivity index (χ0) is 14.0. The van der Waals surface area contributed by atoms with Crippen molar-refractivity contribution in [2.24, 2.45) is 0 Å². The molecule has 0 radical (unpaired) electrons. The van der Waals surface area contributed by atoms with Crippen molar-refractivity contribution in [1.82, 2.24) is 0 Å². The van der Waals surface area contributed by atoms with E-state index >= 15 is 0 Å². The largest absolute Gasteiger partial charge is 0.398 e. The van der Waals surface area contributed by atoms with Crippen LogP contribution in [-0.2, 0) is 16.6 Å². The van der Waals surface area contributed by atoms with Crippen LogP contribution in [0.4, 0.5) is 5.69 Å². The molecule has 1 atom stereocenters. The van der Waals surface area contributed by atoms with Crippen molar-refractivity contribution in [2.45, 2.75) is 31.4 Å². The van der Waals surface area contributed by atoms with Crippen molar-refractivity contribution in [2.75, 3.05) is 5.73 Å². The average molecular weight is 273 g/mol. The topological polar surface area (TPSA) is 43.1 Å². The summed E-state index contributed by atoms with van der Waals surface area (Å²) in [7, 11) is -1.05. The van der Waals surface area contributed by atoms with Crippen molar-refractivity contribution < 1.29 is 4.21 Å². The van der Waals surface area contributed by atoms with Gasteiger partial charge in [-0.15, -0.1) is 0 Å². The van der Waals surface area contributed by atoms with Crippen LogP contribution in [-0.4, -0.2) is 4.21 Å². The van der Waals surface area contributed by atoms with E-state index in [-0.39, 0.29) is 0 Å². The number of nitrogens with two attached hydrogens (primary N) is 1. The molecule has 0 aliphatic heterocycles. The molecule has 0 heterocycles. The number of hydrogen-bond donors (Lipinski definition) is 1. The van der Waals surface area contributed by atoms with Crippen LogP contribution in [0, 0.1) is 20.8 Å². The van der Waals surface area contributed by atoms with Crippen LogP contribution in [0.15, 0.2) is 41.3 Å². The maximum atomic E-state index is 12.5. The first kappa shape index (κ1) is 13.8. The average Bonchev–Trinajstić information content (AvgIpc) is 2.37. The minimum atomic E-state index is -1.05. The molecule has 0 aliphatic carbocycles. The van der Waals surface area contributed by atoms with Crippen LogP contribution >= 0.6 is 0 Å². The van der Waals surface area contributed by atoms with Crippen LogP contribution in [0.3, 0.4) is 0 Å². The van der Waals surface area contributed by atoms with Gasteiger partial charge in [0.1, 0.15) is 0 Å². The normalized spacial score (nSPS) is 12.4. The van der Waals surface area contributed by atoms with Gasteiger partial charge in [-0.3, -0.25) is 4.21 Å². The smallest absolute Gasteiger partial charge is 0.0577 e. The highest BCUT2D eigenvalue weighted by Gasteiger charge is 2.11. The number of benzene rings is 2. The molecule has 0 aliphatic rings. The summed E-state index contributed by atoms with van der Waals surface area (Å²) in [6, 6.07) is 11.9. The Bertz CT molecular complexity index is 635. The van der Waals surface area contributed by atoms with Crippen LogP contribution < -0.4 is 5.73 Å². The van der Waals surface area contributed by atoms with E-state index in [0.29, 0.717) is 11.4 Å². The highest BCUT2D eigenvalue weighted by molar-refractivity contribution is 7.84. The van der Waals surface area contributed by atoms with Crippen molar-refractivity contribution in [3.05, 3.63) is 58.7 Å². The minimum absolute atomic E-state index is 0.539. The molecule has 3 heteroatoms. The summed E-state index contributed by atoms with van der Waals surface area (Å²) in [5, 5.41) is 0. The molecule has 0 saturated carbocycles. The van der Waals surface area contributed by atoms with E-state index in [4.69, 9.17) is 5.73 Å². The quantitative estimate of drug-likeness (QED) is 0.870. The minimum Gasteiger partial charge on any atom is -0.398 e. The van der Waals surface area contributed by atoms with Crippen molar-refractivity contribution in [1.29, 1.82) is 0 Å². The summed E-state index contributed by atoms with van der Waals surface area (Å²) in [5.41, 5.74) is 11.0. The summed E-state index contributed by atoms with van der Waals surface area (Å²) >= 11 is 0. The first-order valence-electron chi connectivity index (χ1n) is 6.28. The summed E-state index contributed by atoms with van der Waals surface area (Å²) < 4.78 is 12.5. The Labute approximate surface area is 117 Å². The second-order valence-electron chi connectivity index (χ2n) is 4.89. The first-order chi connectivity index (χ1) is 8.99. The fourth-order valence-electron chi connectivity index (χ4n) is 2.05. The fourth-order valence-corrected chi connectivity index (χ4v) is 3.49. The van der Waals surface area contributed by atoms with E-state index in [2.05, 4.69) is 32.0 Å². The van der Waals surface area contributed by atoms with Crippen LogP contribution in [0.1, 0.15) is 22.3 Å². The van der Waals surface area contributed by atoms with Crippen molar-refractivity contribution in [3.63, 3.8) is 0 Å². The van der Waals surface area contributed by atoms with E-state index < -0.39 is 10.8 Å². The molecule has 1 unspecified atom stereocenters. The van der Waals surface area contributed by atoms with Crippen LogP contribution in [0.5, 0.6) is 0 Å². The molecular formula is C16H19NOS. The predicted octanol–water partition coefficient (Wildman–Crippen LogP) is 3.50. The third-order valence-corrected chi connectivity index (χ3v) is 4.87. The molecule has 2 aromatic carbocycles. The van der Waals surface area contributed by atoms with Gasteiger partial charge in [-0.25, -0.2) is 0 Å². The Morgan fingerprint density at radius 2 is 1.84 bits per heavy atom. The van der Waals surface area contributed by atoms with Gasteiger partial charge in [-0.2, -0.15) is 0 Å². The zero-order valence-corrected chi connectivity index (χ0v) is 12.4. The molecule has 100 valence electrons. The molecule has 0 bridgehead atoms. The van der Waals surface area contributed by atoms with E-state index in [1.54, 1.807) is 0 Å². The Morgan fingerprint density at radius 1 is 1.11 bits per heavy atom. The van der Waals surface area contributed by atoms with Gasteiger partial charge in [0.25, 0.3) is 0 Å². The first-order valence-corrected chi connectivity index (χ1v) is 7.60. The van der Waals surface area contributed by atoms with Gasteiger partial charge in [0.15, 0.2) is 0 Å². The molecule has 2 nitrogen and oxygen atoms in total. The number of rotatable bonds is 3. The lowest BCUT2D eigenvalue weighted by molar-refractivity contribution is 0.682. The van der Waals surface area contributed by atoms with Gasteiger partial charge in [-0.05, 0) is 49.6 Å². The molecule has 2 N–H and O–H groups in total. The standard InChI is InChI=1S/C16H19NOS/c1-11-7-8-12(2)14(9-11)10-19(18)16-6-4-5-15(17)13(16)3/h4-9H,10,17H2,1-3H3. The van der Waals surface area contributed by atoms with Gasteiger partial charge < -0.3 is 5.73 Å². The van der Waals surface area contributed by atoms with Crippen molar-refractivity contribution in [3.8, 4) is 0 Å². The van der Waals surface area contributed by atoms with Gasteiger partial charge in [-0.1, -0.05) is 29.8 Å². The molecule has 0 aromatic heterocycles. The van der Waals surface area contributed by atoms with Crippen LogP contribution in [0.25, 0.3) is 0 Å². The van der Waals surface area contributed by atoms with E-state index in [1.807, 2.05) is 25.1 Å². The molecule has 19 heavy (non-hydrogen) atoms. The Morgan fingerprint density at radius 3 is 2.58 bits per heavy atom. The third kappa shape index (κ3) is 3.04. The Kier molecular flexibility index (Phi) is 4.05. The second-order valence-corrected chi connectivity index (χ2v) is 6.31. The maximum absolute atomic E-state index is 12.5. The number of nitrogen functional groups attached to an aromatic ring is 1. The molecular weight excluding hydrogens is 254 g/mol. The fraction of sp³-hybridized carbons (Fsp3) is 0.250. The lowest BCUT2D eigenvalue weighted by Gasteiger charge is -2.10. The van der Waals surface area contributed by atoms with Gasteiger partial charge in [0.2, 0.25) is 0 Å². The molecule has 0 fully saturated rings. The highest BCUT2D eigenvalue weighted by Crippen LogP contribution is 2.22. The summed E-state index contributed by atoms with van der Waals surface area (Å²) in [4.78, 5) is 0.834. The Hall–Kier alpha value is -1.61. The van der Waals surface area contributed by atoms with E-state index in [1.165, 1.54) is 11.1 Å². The molecule has 0 amide bonds. The zero-order valence-electron chi connectivity index (χ0n) is 11.6. The summed E-state index contributed by atoms with van der Waals surface area (Å²) in [6.45, 7) is 6.03. The maximum Gasteiger partial charge on any atom is 0.0577 e. The second kappa shape index (κ2) is 5.57. The molecule has 2 rings (SSSR count). The summed E-state index contributed by atoms with van der Waals surface area (Å²) in [5.74, 6) is 0.539. The predicted molar refractivity (Wildman–Crippen MR) is 81.6 cm³/mol. The van der Waals surface area contributed by atoms with Crippen molar-refractivity contribution >= 4 is 16.5 Å². The lowest BCUT2D eigenvalue weighted by atomic mass is 10.1. The third-order valence-electron chi connectivity index (χ3n) is 3.36. The van der Waals surface area contributed by atoms with Crippen LogP contribution in [0.2, 0.25) is 0 Å². The van der Waals surface area contributed by atoms with Gasteiger partial charge in [0, 0.05) is 10.6 Å². The number of aryl methyl sites for hydroxylation is 2. The SMILES string of the molecule is Cc1ccc(C)c(CS(=O)c2cccc(N)c2C)c1. The highest BCUT2D eigenvalue weighted by atomic mass is 32.2. The Balaban J connectivity index is 2.31. The summed E-state index contributed by atoms with van der Waals surface area (Å²) in [6.07, 6.45) is 0. The number of hydrogen-bond acceptors (Lipinski definition) is 2. The van der Waals surface area contributed by atoms with Gasteiger partial charge >= 0.3 is 0 Å². The number of anilines is 1. The molecule has 2 aromatic rings. The lowest BCUT2D eigenvalue weighted by Crippen LogP contribution is -2.02. The molecule has 0 spiro atoms. The molecule has 0 saturated heterocycles. The van der Waals surface area contributed by atoms with E-state index in [0.717, 1.165) is 16.0 Å².